The highest BCUT2D eigenvalue weighted by atomic mass is 16.5. The predicted molar refractivity (Wildman–Crippen MR) is 88.5 cm³/mol. The molecule has 6 heteroatoms. The minimum absolute atomic E-state index is 0.170. The molecule has 2 saturated heterocycles. The van der Waals surface area contributed by atoms with E-state index in [1.54, 1.807) is 0 Å². The first-order valence-electron chi connectivity index (χ1n) is 8.64. The van der Waals surface area contributed by atoms with Gasteiger partial charge in [0.25, 0.3) is 5.91 Å². The van der Waals surface area contributed by atoms with Crippen LogP contribution in [0.2, 0.25) is 0 Å². The van der Waals surface area contributed by atoms with E-state index < -0.39 is 5.54 Å². The minimum Gasteiger partial charge on any atom is -0.379 e. The van der Waals surface area contributed by atoms with E-state index in [9.17, 15) is 9.59 Å². The molecular formula is C18H23N3O3. The molecule has 0 unspecified atom stereocenters. The Hall–Kier alpha value is -1.92. The maximum absolute atomic E-state index is 13.0. The van der Waals surface area contributed by atoms with E-state index in [1.165, 1.54) is 22.4 Å². The summed E-state index contributed by atoms with van der Waals surface area (Å²) in [6.45, 7) is 4.91. The Balaban J connectivity index is 1.57. The van der Waals surface area contributed by atoms with E-state index in [0.29, 0.717) is 19.9 Å². The first kappa shape index (κ1) is 15.6. The molecule has 1 aromatic rings. The van der Waals surface area contributed by atoms with Gasteiger partial charge in [-0.05, 0) is 42.9 Å². The van der Waals surface area contributed by atoms with Gasteiger partial charge in [-0.3, -0.25) is 9.69 Å². The van der Waals surface area contributed by atoms with Crippen molar-refractivity contribution in [3.05, 3.63) is 34.9 Å². The van der Waals surface area contributed by atoms with Crippen molar-refractivity contribution in [3.8, 4) is 0 Å². The van der Waals surface area contributed by atoms with Crippen LogP contribution < -0.4 is 5.32 Å². The van der Waals surface area contributed by atoms with Crippen molar-refractivity contribution in [2.45, 2.75) is 31.7 Å². The van der Waals surface area contributed by atoms with Crippen LogP contribution in [0.1, 0.15) is 30.0 Å². The number of carbonyl (C=O) groups is 2. The van der Waals surface area contributed by atoms with Crippen molar-refractivity contribution in [1.82, 2.24) is 15.1 Å². The topological polar surface area (TPSA) is 61.9 Å². The quantitative estimate of drug-likeness (QED) is 0.848. The largest absolute Gasteiger partial charge is 0.379 e. The van der Waals surface area contributed by atoms with Gasteiger partial charge in [-0.1, -0.05) is 18.2 Å². The number of ether oxygens (including phenoxy) is 1. The Bertz CT molecular complexity index is 684. The van der Waals surface area contributed by atoms with Gasteiger partial charge in [0.15, 0.2) is 0 Å². The van der Waals surface area contributed by atoms with Crippen molar-refractivity contribution < 1.29 is 14.3 Å². The summed E-state index contributed by atoms with van der Waals surface area (Å²) in [5.74, 6) is -0.170. The molecule has 0 bridgehead atoms. The van der Waals surface area contributed by atoms with E-state index >= 15 is 0 Å². The van der Waals surface area contributed by atoms with Crippen LogP contribution in [0, 0.1) is 0 Å². The second kappa shape index (κ2) is 5.86. The average Bonchev–Trinajstić information content (AvgIpc) is 3.14. The van der Waals surface area contributed by atoms with Crippen molar-refractivity contribution in [1.29, 1.82) is 0 Å². The molecular weight excluding hydrogens is 306 g/mol. The lowest BCUT2D eigenvalue weighted by molar-refractivity contribution is -0.133. The molecule has 1 aromatic carbocycles. The number of aryl methyl sites for hydroxylation is 2. The lowest BCUT2D eigenvalue weighted by atomic mass is 9.90. The van der Waals surface area contributed by atoms with Gasteiger partial charge >= 0.3 is 6.03 Å². The molecule has 3 aliphatic rings. The van der Waals surface area contributed by atoms with Gasteiger partial charge in [-0.2, -0.15) is 0 Å². The van der Waals surface area contributed by atoms with E-state index in [1.807, 2.05) is 13.0 Å². The maximum Gasteiger partial charge on any atom is 0.326 e. The monoisotopic (exact) mass is 329 g/mol. The number of rotatable bonds is 3. The molecule has 6 nitrogen and oxygen atoms in total. The van der Waals surface area contributed by atoms with Gasteiger partial charge in [0.05, 0.1) is 19.9 Å². The fourth-order valence-electron chi connectivity index (χ4n) is 3.85. The van der Waals surface area contributed by atoms with Crippen LogP contribution in [-0.4, -0.2) is 54.7 Å². The third kappa shape index (κ3) is 2.50. The van der Waals surface area contributed by atoms with Crippen molar-refractivity contribution in [2.75, 3.05) is 33.0 Å². The van der Waals surface area contributed by atoms with Gasteiger partial charge in [0, 0.05) is 13.1 Å². The van der Waals surface area contributed by atoms with Crippen LogP contribution in [0.5, 0.6) is 0 Å². The summed E-state index contributed by atoms with van der Waals surface area (Å²) in [4.78, 5) is 28.8. The highest BCUT2D eigenvalue weighted by molar-refractivity contribution is 6.07. The Morgan fingerprint density at radius 1 is 1.17 bits per heavy atom. The second-order valence-corrected chi connectivity index (χ2v) is 7.00. The summed E-state index contributed by atoms with van der Waals surface area (Å²) >= 11 is 0. The molecule has 1 N–H and O–H groups in total. The summed E-state index contributed by atoms with van der Waals surface area (Å²) < 4.78 is 5.33. The molecule has 2 fully saturated rings. The molecule has 2 aliphatic heterocycles. The Kier molecular flexibility index (Phi) is 3.81. The van der Waals surface area contributed by atoms with E-state index in [-0.39, 0.29) is 11.9 Å². The summed E-state index contributed by atoms with van der Waals surface area (Å²) in [7, 11) is 0. The van der Waals surface area contributed by atoms with Crippen LogP contribution in [0.15, 0.2) is 18.2 Å². The predicted octanol–water partition coefficient (Wildman–Crippen LogP) is 1.23. The zero-order valence-electron chi connectivity index (χ0n) is 14.0. The zero-order valence-corrected chi connectivity index (χ0v) is 14.0. The molecule has 0 aromatic heterocycles. The van der Waals surface area contributed by atoms with Crippen LogP contribution in [0.25, 0.3) is 0 Å². The van der Waals surface area contributed by atoms with Crippen molar-refractivity contribution in [3.63, 3.8) is 0 Å². The van der Waals surface area contributed by atoms with Gasteiger partial charge < -0.3 is 10.1 Å². The first-order valence-corrected chi connectivity index (χ1v) is 8.64. The SMILES string of the molecule is C[C@@]1(c2ccc3c(c2)CCC3)NC(=O)N(CN2CCOCC2)C1=O. The Morgan fingerprint density at radius 3 is 2.71 bits per heavy atom. The van der Waals surface area contributed by atoms with E-state index in [2.05, 4.69) is 22.3 Å². The fraction of sp³-hybridized carbons (Fsp3) is 0.556. The van der Waals surface area contributed by atoms with Crippen LogP contribution in [-0.2, 0) is 27.9 Å². The number of amides is 3. The number of hydrogen-bond donors (Lipinski definition) is 1. The molecule has 0 radical (unpaired) electrons. The van der Waals surface area contributed by atoms with Crippen LogP contribution >= 0.6 is 0 Å². The van der Waals surface area contributed by atoms with Crippen LogP contribution in [0.4, 0.5) is 4.79 Å². The molecule has 2 heterocycles. The van der Waals surface area contributed by atoms with Gasteiger partial charge in [0.2, 0.25) is 0 Å². The molecule has 1 aliphatic carbocycles. The van der Waals surface area contributed by atoms with Crippen molar-refractivity contribution in [2.24, 2.45) is 0 Å². The number of nitrogens with zero attached hydrogens (tertiary/aromatic N) is 2. The molecule has 1 atom stereocenters. The molecule has 3 amide bonds. The van der Waals surface area contributed by atoms with Crippen LogP contribution in [0.3, 0.4) is 0 Å². The highest BCUT2D eigenvalue weighted by Gasteiger charge is 2.49. The molecule has 4 rings (SSSR count). The summed E-state index contributed by atoms with van der Waals surface area (Å²) in [5, 5.41) is 2.91. The van der Waals surface area contributed by atoms with Gasteiger partial charge in [-0.15, -0.1) is 0 Å². The summed E-state index contributed by atoms with van der Waals surface area (Å²) in [6.07, 6.45) is 3.33. The number of carbonyl (C=O) groups excluding carboxylic acids is 2. The zero-order chi connectivity index (χ0) is 16.7. The Morgan fingerprint density at radius 2 is 1.92 bits per heavy atom. The van der Waals surface area contributed by atoms with Crippen molar-refractivity contribution >= 4 is 11.9 Å². The van der Waals surface area contributed by atoms with Gasteiger partial charge in [0.1, 0.15) is 5.54 Å². The van der Waals surface area contributed by atoms with E-state index in [0.717, 1.165) is 31.5 Å². The lowest BCUT2D eigenvalue weighted by Gasteiger charge is -2.30. The number of fused-ring (bicyclic) bond motifs is 1. The number of imide groups is 1. The van der Waals surface area contributed by atoms with E-state index in [4.69, 9.17) is 4.74 Å². The third-order valence-corrected chi connectivity index (χ3v) is 5.40. The number of urea groups is 1. The number of morpholine rings is 1. The molecule has 24 heavy (non-hydrogen) atoms. The maximum atomic E-state index is 13.0. The molecule has 0 spiro atoms. The smallest absolute Gasteiger partial charge is 0.326 e. The standard InChI is InChI=1S/C18H23N3O3/c1-18(15-6-5-13-3-2-4-14(13)11-15)16(22)21(17(23)19-18)12-20-7-9-24-10-8-20/h5-6,11H,2-4,7-10,12H2,1H3,(H,19,23)/t18-/m0/s1. The minimum atomic E-state index is -0.971. The van der Waals surface area contributed by atoms with Gasteiger partial charge in [-0.25, -0.2) is 9.69 Å². The number of hydrogen-bond acceptors (Lipinski definition) is 4. The highest BCUT2D eigenvalue weighted by Crippen LogP contribution is 2.32. The third-order valence-electron chi connectivity index (χ3n) is 5.40. The Labute approximate surface area is 141 Å². The average molecular weight is 329 g/mol. The summed E-state index contributed by atoms with van der Waals surface area (Å²) in [5.41, 5.74) is 2.58. The molecule has 128 valence electrons. The number of nitrogens with one attached hydrogen (secondary N) is 1. The summed E-state index contributed by atoms with van der Waals surface area (Å²) in [6, 6.07) is 5.88. The number of benzene rings is 1. The normalized spacial score (nSPS) is 27.5. The second-order valence-electron chi connectivity index (χ2n) is 7.00. The first-order chi connectivity index (χ1) is 11.6. The fourth-order valence-corrected chi connectivity index (χ4v) is 3.85. The molecule has 0 saturated carbocycles. The lowest BCUT2D eigenvalue weighted by Crippen LogP contribution is -2.47.